The molecule has 1 aliphatic carbocycles. The number of nitrogens with zero attached hydrogens (tertiary/aromatic N) is 1. The first kappa shape index (κ1) is 17.5. The minimum absolute atomic E-state index is 0.111. The van der Waals surface area contributed by atoms with Crippen LogP contribution in [0.5, 0.6) is 0 Å². The molecular formula is C19H15ClFN3O3. The van der Waals surface area contributed by atoms with E-state index < -0.39 is 35.7 Å². The summed E-state index contributed by atoms with van der Waals surface area (Å²) in [6.45, 7) is -0.513. The maximum absolute atomic E-state index is 13.8. The third-order valence-corrected chi connectivity index (χ3v) is 5.16. The zero-order valence-corrected chi connectivity index (χ0v) is 14.8. The Labute approximate surface area is 159 Å². The topological polar surface area (TPSA) is 78.5 Å². The fourth-order valence-electron chi connectivity index (χ4n) is 3.66. The fourth-order valence-corrected chi connectivity index (χ4v) is 3.83. The molecule has 6 nitrogen and oxygen atoms in total. The van der Waals surface area contributed by atoms with Crippen molar-refractivity contribution in [2.24, 2.45) is 0 Å². The minimum atomic E-state index is -1.13. The summed E-state index contributed by atoms with van der Waals surface area (Å²) in [5.41, 5.74) is 0.515. The molecule has 1 atom stereocenters. The summed E-state index contributed by atoms with van der Waals surface area (Å²) in [6.07, 6.45) is 1.11. The number of carbonyl (C=O) groups excluding carboxylic acids is 3. The summed E-state index contributed by atoms with van der Waals surface area (Å²) in [6, 6.07) is 10.5. The average Bonchev–Trinajstić information content (AvgIpc) is 3.12. The maximum atomic E-state index is 13.8. The number of aryl methyl sites for hydroxylation is 1. The number of nitrogens with one attached hydrogen (secondary N) is 2. The van der Waals surface area contributed by atoms with Gasteiger partial charge in [-0.25, -0.2) is 9.18 Å². The Morgan fingerprint density at radius 3 is 2.85 bits per heavy atom. The van der Waals surface area contributed by atoms with Crippen LogP contribution >= 0.6 is 11.6 Å². The summed E-state index contributed by atoms with van der Waals surface area (Å²) < 4.78 is 13.8. The van der Waals surface area contributed by atoms with Gasteiger partial charge in [-0.3, -0.25) is 14.5 Å². The molecule has 1 fully saturated rings. The highest BCUT2D eigenvalue weighted by atomic mass is 35.5. The predicted octanol–water partition coefficient (Wildman–Crippen LogP) is 2.81. The summed E-state index contributed by atoms with van der Waals surface area (Å²) in [5, 5.41) is 5.34. The van der Waals surface area contributed by atoms with Crippen LogP contribution in [0.15, 0.2) is 42.5 Å². The van der Waals surface area contributed by atoms with Crippen LogP contribution in [-0.2, 0) is 21.5 Å². The predicted molar refractivity (Wildman–Crippen MR) is 96.7 cm³/mol. The van der Waals surface area contributed by atoms with Crippen molar-refractivity contribution in [3.8, 4) is 0 Å². The largest absolute Gasteiger partial charge is 0.325 e. The van der Waals surface area contributed by atoms with Crippen LogP contribution in [0.3, 0.4) is 0 Å². The Kier molecular flexibility index (Phi) is 4.11. The molecule has 1 saturated heterocycles. The SMILES string of the molecule is O=C(CN1C(=O)N[C@]2(CCc3ccccc32)C1=O)Nc1cc(Cl)ccc1F. The molecule has 4 amide bonds. The lowest BCUT2D eigenvalue weighted by Crippen LogP contribution is -2.43. The number of anilines is 1. The van der Waals surface area contributed by atoms with Gasteiger partial charge in [0.25, 0.3) is 5.91 Å². The zero-order chi connectivity index (χ0) is 19.2. The van der Waals surface area contributed by atoms with Crippen LogP contribution < -0.4 is 10.6 Å². The minimum Gasteiger partial charge on any atom is -0.322 e. The van der Waals surface area contributed by atoms with Crippen molar-refractivity contribution in [1.82, 2.24) is 10.2 Å². The van der Waals surface area contributed by atoms with E-state index in [1.807, 2.05) is 24.3 Å². The van der Waals surface area contributed by atoms with E-state index in [1.165, 1.54) is 12.1 Å². The molecule has 2 aromatic carbocycles. The first-order valence-electron chi connectivity index (χ1n) is 8.38. The average molecular weight is 388 g/mol. The van der Waals surface area contributed by atoms with Crippen LogP contribution in [0.4, 0.5) is 14.9 Å². The molecule has 0 bridgehead atoms. The molecule has 1 heterocycles. The van der Waals surface area contributed by atoms with Crippen LogP contribution in [0.25, 0.3) is 0 Å². The number of fused-ring (bicyclic) bond motifs is 2. The smallest absolute Gasteiger partial charge is 0.322 e. The molecular weight excluding hydrogens is 373 g/mol. The highest BCUT2D eigenvalue weighted by Crippen LogP contribution is 2.41. The lowest BCUT2D eigenvalue weighted by molar-refractivity contribution is -0.134. The van der Waals surface area contributed by atoms with Crippen molar-refractivity contribution in [2.45, 2.75) is 18.4 Å². The van der Waals surface area contributed by atoms with Gasteiger partial charge in [0.1, 0.15) is 17.9 Å². The van der Waals surface area contributed by atoms with Crippen molar-refractivity contribution in [3.63, 3.8) is 0 Å². The Morgan fingerprint density at radius 2 is 2.04 bits per heavy atom. The normalized spacial score (nSPS) is 20.7. The molecule has 138 valence electrons. The van der Waals surface area contributed by atoms with E-state index in [-0.39, 0.29) is 10.7 Å². The number of hydrogen-bond donors (Lipinski definition) is 2. The van der Waals surface area contributed by atoms with E-state index in [1.54, 1.807) is 0 Å². The van der Waals surface area contributed by atoms with Crippen LogP contribution in [0.1, 0.15) is 17.5 Å². The van der Waals surface area contributed by atoms with Gasteiger partial charge >= 0.3 is 6.03 Å². The summed E-state index contributed by atoms with van der Waals surface area (Å²) in [5.74, 6) is -1.83. The summed E-state index contributed by atoms with van der Waals surface area (Å²) >= 11 is 5.80. The molecule has 2 aromatic rings. The summed E-state index contributed by atoms with van der Waals surface area (Å²) in [4.78, 5) is 38.5. The molecule has 0 aromatic heterocycles. The van der Waals surface area contributed by atoms with Crippen molar-refractivity contribution >= 4 is 35.1 Å². The van der Waals surface area contributed by atoms with Crippen molar-refractivity contribution in [3.05, 3.63) is 64.4 Å². The molecule has 2 aliphatic rings. The summed E-state index contributed by atoms with van der Waals surface area (Å²) in [7, 11) is 0. The van der Waals surface area contributed by atoms with Crippen LogP contribution in [-0.4, -0.2) is 29.3 Å². The van der Waals surface area contributed by atoms with Crippen molar-refractivity contribution < 1.29 is 18.8 Å². The van der Waals surface area contributed by atoms with Gasteiger partial charge in [-0.05, 0) is 42.2 Å². The molecule has 4 rings (SSSR count). The molecule has 27 heavy (non-hydrogen) atoms. The number of halogens is 2. The molecule has 0 saturated carbocycles. The van der Waals surface area contributed by atoms with E-state index in [4.69, 9.17) is 11.6 Å². The second-order valence-corrected chi connectivity index (χ2v) is 6.99. The quantitative estimate of drug-likeness (QED) is 0.795. The molecule has 1 spiro atoms. The molecule has 2 N–H and O–H groups in total. The second kappa shape index (κ2) is 6.35. The third-order valence-electron chi connectivity index (χ3n) is 4.93. The van der Waals surface area contributed by atoms with Crippen LogP contribution in [0.2, 0.25) is 5.02 Å². The van der Waals surface area contributed by atoms with Gasteiger partial charge < -0.3 is 10.6 Å². The Morgan fingerprint density at radius 1 is 1.26 bits per heavy atom. The van der Waals surface area contributed by atoms with E-state index in [0.29, 0.717) is 12.8 Å². The van der Waals surface area contributed by atoms with E-state index in [0.717, 1.165) is 22.1 Å². The number of benzene rings is 2. The Bertz CT molecular complexity index is 980. The number of hydrogen-bond acceptors (Lipinski definition) is 3. The van der Waals surface area contributed by atoms with E-state index in [9.17, 15) is 18.8 Å². The van der Waals surface area contributed by atoms with Gasteiger partial charge in [-0.2, -0.15) is 0 Å². The van der Waals surface area contributed by atoms with Gasteiger partial charge in [0.15, 0.2) is 0 Å². The van der Waals surface area contributed by atoms with E-state index >= 15 is 0 Å². The monoisotopic (exact) mass is 387 g/mol. The number of urea groups is 1. The van der Waals surface area contributed by atoms with E-state index in [2.05, 4.69) is 10.6 Å². The first-order chi connectivity index (χ1) is 12.9. The Hall–Kier alpha value is -2.93. The standard InChI is InChI=1S/C19H15ClFN3O3/c20-12-5-6-14(21)15(9-12)22-16(25)10-24-17(26)19(23-18(24)27)8-7-11-3-1-2-4-13(11)19/h1-6,9H,7-8,10H2,(H,22,25)(H,23,27)/t19-/m0/s1. The highest BCUT2D eigenvalue weighted by molar-refractivity contribution is 6.30. The second-order valence-electron chi connectivity index (χ2n) is 6.56. The lowest BCUT2D eigenvalue weighted by atomic mass is 9.92. The maximum Gasteiger partial charge on any atom is 0.325 e. The number of amides is 4. The van der Waals surface area contributed by atoms with Gasteiger partial charge in [0, 0.05) is 5.02 Å². The Balaban J connectivity index is 1.54. The molecule has 8 heteroatoms. The van der Waals surface area contributed by atoms with Crippen LogP contribution in [0, 0.1) is 5.82 Å². The van der Waals surface area contributed by atoms with Crippen molar-refractivity contribution in [2.75, 3.05) is 11.9 Å². The van der Waals surface area contributed by atoms with Gasteiger partial charge in [-0.15, -0.1) is 0 Å². The third kappa shape index (κ3) is 2.84. The lowest BCUT2D eigenvalue weighted by Gasteiger charge is -2.22. The molecule has 0 unspecified atom stereocenters. The van der Waals surface area contributed by atoms with Gasteiger partial charge in [0.2, 0.25) is 5.91 Å². The van der Waals surface area contributed by atoms with Crippen molar-refractivity contribution in [1.29, 1.82) is 0 Å². The zero-order valence-electron chi connectivity index (χ0n) is 14.1. The van der Waals surface area contributed by atoms with Gasteiger partial charge in [0.05, 0.1) is 5.69 Å². The number of carbonyl (C=O) groups is 3. The van der Waals surface area contributed by atoms with Gasteiger partial charge in [-0.1, -0.05) is 35.9 Å². The molecule has 1 aliphatic heterocycles. The first-order valence-corrected chi connectivity index (χ1v) is 8.76. The number of imide groups is 1. The molecule has 0 radical (unpaired) electrons. The highest BCUT2D eigenvalue weighted by Gasteiger charge is 2.55. The fraction of sp³-hybridized carbons (Fsp3) is 0.211. The number of rotatable bonds is 3.